The molecule has 1 aromatic rings. The summed E-state index contributed by atoms with van der Waals surface area (Å²) in [5.74, 6) is 0. The predicted molar refractivity (Wildman–Crippen MR) is 85.1 cm³/mol. The van der Waals surface area contributed by atoms with Gasteiger partial charge in [0.1, 0.15) is 0 Å². The molecule has 20 heavy (non-hydrogen) atoms. The molecule has 0 spiro atoms. The Morgan fingerprint density at radius 1 is 1.10 bits per heavy atom. The SMILES string of the molecule is CNC1CCCCCC1Sc1ccc(S(C)(=O)=O)cc1. The van der Waals surface area contributed by atoms with Crippen molar-refractivity contribution in [2.45, 2.75) is 53.2 Å². The van der Waals surface area contributed by atoms with Gasteiger partial charge < -0.3 is 5.32 Å². The number of thioether (sulfide) groups is 1. The summed E-state index contributed by atoms with van der Waals surface area (Å²) in [6.45, 7) is 0. The summed E-state index contributed by atoms with van der Waals surface area (Å²) in [6.07, 6.45) is 7.62. The van der Waals surface area contributed by atoms with Gasteiger partial charge in [-0.05, 0) is 44.2 Å². The molecule has 2 rings (SSSR count). The van der Waals surface area contributed by atoms with Crippen LogP contribution in [-0.4, -0.2) is 33.0 Å². The molecule has 112 valence electrons. The first kappa shape index (κ1) is 15.9. The molecule has 1 fully saturated rings. The molecule has 0 aliphatic heterocycles. The van der Waals surface area contributed by atoms with Crippen LogP contribution in [0.5, 0.6) is 0 Å². The maximum Gasteiger partial charge on any atom is 0.175 e. The molecule has 0 saturated heterocycles. The molecule has 0 heterocycles. The van der Waals surface area contributed by atoms with Gasteiger partial charge in [-0.3, -0.25) is 0 Å². The number of benzene rings is 1. The van der Waals surface area contributed by atoms with E-state index in [-0.39, 0.29) is 0 Å². The van der Waals surface area contributed by atoms with Crippen molar-refractivity contribution < 1.29 is 8.42 Å². The van der Waals surface area contributed by atoms with Crippen LogP contribution in [0.15, 0.2) is 34.1 Å². The highest BCUT2D eigenvalue weighted by atomic mass is 32.2. The molecule has 2 atom stereocenters. The predicted octanol–water partition coefficient (Wildman–Crippen LogP) is 3.10. The van der Waals surface area contributed by atoms with E-state index in [9.17, 15) is 8.42 Å². The lowest BCUT2D eigenvalue weighted by Crippen LogP contribution is -2.34. The van der Waals surface area contributed by atoms with Crippen molar-refractivity contribution in [3.05, 3.63) is 24.3 Å². The van der Waals surface area contributed by atoms with E-state index in [4.69, 9.17) is 0 Å². The van der Waals surface area contributed by atoms with Gasteiger partial charge in [-0.15, -0.1) is 11.8 Å². The summed E-state index contributed by atoms with van der Waals surface area (Å²) in [5, 5.41) is 4.01. The van der Waals surface area contributed by atoms with E-state index in [0.717, 1.165) is 4.90 Å². The van der Waals surface area contributed by atoms with Crippen molar-refractivity contribution in [2.75, 3.05) is 13.3 Å². The van der Waals surface area contributed by atoms with Crippen LogP contribution >= 0.6 is 11.8 Å². The average Bonchev–Trinajstić information content (AvgIpc) is 2.63. The fourth-order valence-electron chi connectivity index (χ4n) is 2.69. The Morgan fingerprint density at radius 3 is 2.35 bits per heavy atom. The van der Waals surface area contributed by atoms with Gasteiger partial charge in [0.15, 0.2) is 9.84 Å². The van der Waals surface area contributed by atoms with Crippen molar-refractivity contribution in [3.63, 3.8) is 0 Å². The van der Waals surface area contributed by atoms with E-state index in [1.54, 1.807) is 12.1 Å². The van der Waals surface area contributed by atoms with Crippen LogP contribution in [0, 0.1) is 0 Å². The lowest BCUT2D eigenvalue weighted by atomic mass is 10.1. The third-order valence-corrected chi connectivity index (χ3v) is 6.40. The summed E-state index contributed by atoms with van der Waals surface area (Å²) < 4.78 is 22.9. The molecule has 1 aromatic carbocycles. The lowest BCUT2D eigenvalue weighted by molar-refractivity contribution is 0.510. The van der Waals surface area contributed by atoms with Gasteiger partial charge in [-0.2, -0.15) is 0 Å². The second kappa shape index (κ2) is 6.96. The summed E-state index contributed by atoms with van der Waals surface area (Å²) in [6, 6.07) is 7.83. The summed E-state index contributed by atoms with van der Waals surface area (Å²) >= 11 is 1.87. The van der Waals surface area contributed by atoms with Gasteiger partial charge in [0, 0.05) is 22.4 Å². The molecule has 1 aliphatic rings. The largest absolute Gasteiger partial charge is 0.316 e. The molecule has 2 unspecified atom stereocenters. The average molecular weight is 313 g/mol. The van der Waals surface area contributed by atoms with Gasteiger partial charge in [-0.25, -0.2) is 8.42 Å². The van der Waals surface area contributed by atoms with E-state index >= 15 is 0 Å². The van der Waals surface area contributed by atoms with Gasteiger partial charge in [0.2, 0.25) is 0 Å². The smallest absolute Gasteiger partial charge is 0.175 e. The van der Waals surface area contributed by atoms with E-state index in [1.165, 1.54) is 38.4 Å². The Labute approximate surface area is 126 Å². The number of hydrogen-bond acceptors (Lipinski definition) is 4. The number of nitrogens with one attached hydrogen (secondary N) is 1. The van der Waals surface area contributed by atoms with Crippen LogP contribution in [0.4, 0.5) is 0 Å². The van der Waals surface area contributed by atoms with Crippen LogP contribution < -0.4 is 5.32 Å². The van der Waals surface area contributed by atoms with E-state index < -0.39 is 9.84 Å². The second-order valence-electron chi connectivity index (χ2n) is 5.43. The van der Waals surface area contributed by atoms with Crippen molar-refractivity contribution in [1.29, 1.82) is 0 Å². The fraction of sp³-hybridized carbons (Fsp3) is 0.600. The van der Waals surface area contributed by atoms with Crippen molar-refractivity contribution >= 4 is 21.6 Å². The van der Waals surface area contributed by atoms with Crippen LogP contribution in [-0.2, 0) is 9.84 Å². The minimum absolute atomic E-state index is 0.396. The van der Waals surface area contributed by atoms with Crippen molar-refractivity contribution in [3.8, 4) is 0 Å². The minimum atomic E-state index is -3.10. The van der Waals surface area contributed by atoms with Gasteiger partial charge in [0.05, 0.1) is 4.90 Å². The summed E-state index contributed by atoms with van der Waals surface area (Å²) in [5.41, 5.74) is 0. The monoisotopic (exact) mass is 313 g/mol. The first-order valence-corrected chi connectivity index (χ1v) is 9.92. The first-order valence-electron chi connectivity index (χ1n) is 7.15. The Bertz CT molecular complexity index is 525. The van der Waals surface area contributed by atoms with Crippen LogP contribution in [0.3, 0.4) is 0 Å². The molecule has 0 aromatic heterocycles. The van der Waals surface area contributed by atoms with Gasteiger partial charge >= 0.3 is 0 Å². The molecular formula is C15H23NO2S2. The van der Waals surface area contributed by atoms with E-state index in [2.05, 4.69) is 5.32 Å². The zero-order valence-corrected chi connectivity index (χ0v) is 13.8. The van der Waals surface area contributed by atoms with Gasteiger partial charge in [-0.1, -0.05) is 19.3 Å². The Hall–Kier alpha value is -0.520. The van der Waals surface area contributed by atoms with Crippen molar-refractivity contribution in [2.24, 2.45) is 0 Å². The molecule has 1 N–H and O–H groups in total. The molecule has 0 amide bonds. The topological polar surface area (TPSA) is 46.2 Å². The second-order valence-corrected chi connectivity index (χ2v) is 8.76. The normalized spacial score (nSPS) is 24.3. The van der Waals surface area contributed by atoms with E-state index in [1.807, 2.05) is 30.9 Å². The first-order chi connectivity index (χ1) is 9.50. The van der Waals surface area contributed by atoms with Gasteiger partial charge in [0.25, 0.3) is 0 Å². The Morgan fingerprint density at radius 2 is 1.75 bits per heavy atom. The fourth-order valence-corrected chi connectivity index (χ4v) is 4.68. The Balaban J connectivity index is 2.08. The zero-order chi connectivity index (χ0) is 14.6. The lowest BCUT2D eigenvalue weighted by Gasteiger charge is -2.24. The number of rotatable bonds is 4. The zero-order valence-electron chi connectivity index (χ0n) is 12.1. The highest BCUT2D eigenvalue weighted by Crippen LogP contribution is 2.33. The minimum Gasteiger partial charge on any atom is -0.316 e. The summed E-state index contributed by atoms with van der Waals surface area (Å²) in [4.78, 5) is 1.55. The summed E-state index contributed by atoms with van der Waals surface area (Å²) in [7, 11) is -1.06. The van der Waals surface area contributed by atoms with Crippen LogP contribution in [0.1, 0.15) is 32.1 Å². The molecule has 0 bridgehead atoms. The van der Waals surface area contributed by atoms with Crippen LogP contribution in [0.2, 0.25) is 0 Å². The number of sulfone groups is 1. The standard InChI is InChI=1S/C15H23NO2S2/c1-16-14-6-4-3-5-7-15(14)19-12-8-10-13(11-9-12)20(2,17)18/h8-11,14-16H,3-7H2,1-2H3. The molecule has 1 saturated carbocycles. The maximum absolute atomic E-state index is 11.5. The quantitative estimate of drug-likeness (QED) is 0.868. The molecule has 0 radical (unpaired) electrons. The molecule has 5 heteroatoms. The maximum atomic E-state index is 11.5. The molecular weight excluding hydrogens is 290 g/mol. The highest BCUT2D eigenvalue weighted by Gasteiger charge is 2.23. The molecule has 3 nitrogen and oxygen atoms in total. The third kappa shape index (κ3) is 4.24. The van der Waals surface area contributed by atoms with Crippen LogP contribution in [0.25, 0.3) is 0 Å². The highest BCUT2D eigenvalue weighted by molar-refractivity contribution is 8.00. The Kier molecular flexibility index (Phi) is 5.52. The number of hydrogen-bond donors (Lipinski definition) is 1. The van der Waals surface area contributed by atoms with Crippen molar-refractivity contribution in [1.82, 2.24) is 5.32 Å². The molecule has 1 aliphatic carbocycles. The third-order valence-electron chi connectivity index (χ3n) is 3.86. The van der Waals surface area contributed by atoms with E-state index in [0.29, 0.717) is 16.2 Å².